The van der Waals surface area contributed by atoms with Crippen molar-refractivity contribution in [3.05, 3.63) is 67.0 Å². The summed E-state index contributed by atoms with van der Waals surface area (Å²) in [6.07, 6.45) is 8.93. The van der Waals surface area contributed by atoms with Gasteiger partial charge in [0.15, 0.2) is 0 Å². The van der Waals surface area contributed by atoms with Crippen LogP contribution >= 0.6 is 0 Å². The van der Waals surface area contributed by atoms with Crippen LogP contribution in [-0.2, 0) is 0 Å². The summed E-state index contributed by atoms with van der Waals surface area (Å²) in [6, 6.07) is 10.1. The Morgan fingerprint density at radius 3 is 2.86 bits per heavy atom. The molecule has 0 aliphatic carbocycles. The van der Waals surface area contributed by atoms with E-state index in [1.165, 1.54) is 5.56 Å². The van der Waals surface area contributed by atoms with Gasteiger partial charge in [-0.3, -0.25) is 9.55 Å². The van der Waals surface area contributed by atoms with Gasteiger partial charge in [0, 0.05) is 24.0 Å². The Labute approximate surface area is 121 Å². The summed E-state index contributed by atoms with van der Waals surface area (Å²) in [4.78, 5) is 8.94. The molecule has 0 saturated carbocycles. The van der Waals surface area contributed by atoms with E-state index in [2.05, 4.69) is 39.7 Å². The molecule has 0 N–H and O–H groups in total. The normalized spacial score (nSPS) is 11.1. The van der Waals surface area contributed by atoms with Crippen molar-refractivity contribution < 1.29 is 4.42 Å². The molecule has 0 fully saturated rings. The van der Waals surface area contributed by atoms with Crippen LogP contribution in [0.25, 0.3) is 28.0 Å². The molecule has 4 rings (SSSR count). The van der Waals surface area contributed by atoms with Gasteiger partial charge in [-0.05, 0) is 36.8 Å². The minimum absolute atomic E-state index is 0.859. The van der Waals surface area contributed by atoms with Gasteiger partial charge >= 0.3 is 0 Å². The topological polar surface area (TPSA) is 43.9 Å². The molecule has 0 aliphatic heterocycles. The van der Waals surface area contributed by atoms with E-state index >= 15 is 0 Å². The van der Waals surface area contributed by atoms with Crippen LogP contribution in [0.3, 0.4) is 0 Å². The summed E-state index contributed by atoms with van der Waals surface area (Å²) in [6.45, 7) is 2.07. The van der Waals surface area contributed by atoms with E-state index in [1.54, 1.807) is 18.7 Å². The van der Waals surface area contributed by atoms with Gasteiger partial charge < -0.3 is 4.42 Å². The van der Waals surface area contributed by atoms with Gasteiger partial charge in [0.1, 0.15) is 12.1 Å². The number of benzene rings is 1. The van der Waals surface area contributed by atoms with Crippen LogP contribution in [0.1, 0.15) is 5.56 Å². The van der Waals surface area contributed by atoms with E-state index in [-0.39, 0.29) is 0 Å². The lowest BCUT2D eigenvalue weighted by Gasteiger charge is -2.11. The number of nitrogens with zero attached hydrogens (tertiary/aromatic N) is 3. The zero-order valence-corrected chi connectivity index (χ0v) is 11.5. The van der Waals surface area contributed by atoms with E-state index in [9.17, 15) is 0 Å². The van der Waals surface area contributed by atoms with Crippen LogP contribution in [0.4, 0.5) is 0 Å². The Hall–Kier alpha value is -2.88. The van der Waals surface area contributed by atoms with Crippen LogP contribution in [0.15, 0.2) is 65.9 Å². The number of hydrogen-bond donors (Lipinski definition) is 0. The van der Waals surface area contributed by atoms with E-state index in [0.717, 1.165) is 28.0 Å². The number of aryl methyl sites for hydroxylation is 1. The molecule has 0 atom stereocenters. The largest absolute Gasteiger partial charge is 0.472 e. The predicted octanol–water partition coefficient (Wildman–Crippen LogP) is 3.99. The lowest BCUT2D eigenvalue weighted by molar-refractivity contribution is 0.568. The van der Waals surface area contributed by atoms with Crippen molar-refractivity contribution in [2.45, 2.75) is 6.92 Å². The predicted molar refractivity (Wildman–Crippen MR) is 81.3 cm³/mol. The quantitative estimate of drug-likeness (QED) is 0.555. The van der Waals surface area contributed by atoms with Gasteiger partial charge in [0.25, 0.3) is 0 Å². The molecule has 1 aromatic carbocycles. The second kappa shape index (κ2) is 4.59. The zero-order valence-electron chi connectivity index (χ0n) is 11.5. The standard InChI is InChI=1S/C17H13N3O/c1-12-4-5-15(14-3-2-7-18-16(12)14)20-9-8-19-17(20)13-6-10-21-11-13/h2-11H,1H3. The highest BCUT2D eigenvalue weighted by Gasteiger charge is 2.12. The molecule has 0 spiro atoms. The smallest absolute Gasteiger partial charge is 0.147 e. The molecule has 0 amide bonds. The SMILES string of the molecule is Cc1ccc(-n2ccnc2-c2ccoc2)c2cccnc12. The van der Waals surface area contributed by atoms with Gasteiger partial charge in [-0.15, -0.1) is 0 Å². The zero-order chi connectivity index (χ0) is 14.2. The maximum atomic E-state index is 5.17. The van der Waals surface area contributed by atoms with E-state index in [1.807, 2.05) is 24.5 Å². The fourth-order valence-corrected chi connectivity index (χ4v) is 2.61. The van der Waals surface area contributed by atoms with Crippen LogP contribution in [0.5, 0.6) is 0 Å². The lowest BCUT2D eigenvalue weighted by Crippen LogP contribution is -1.98. The highest BCUT2D eigenvalue weighted by Crippen LogP contribution is 2.28. The first-order valence-corrected chi connectivity index (χ1v) is 6.75. The Kier molecular flexibility index (Phi) is 2.60. The Balaban J connectivity index is 2.01. The molecule has 0 radical (unpaired) electrons. The third-order valence-electron chi connectivity index (χ3n) is 3.63. The van der Waals surface area contributed by atoms with E-state index in [0.29, 0.717) is 0 Å². The molecule has 102 valence electrons. The molecule has 3 heterocycles. The van der Waals surface area contributed by atoms with Crippen LogP contribution in [0, 0.1) is 6.92 Å². The van der Waals surface area contributed by atoms with Crippen LogP contribution < -0.4 is 0 Å². The molecule has 0 aliphatic rings. The summed E-state index contributed by atoms with van der Waals surface area (Å²) in [7, 11) is 0. The first-order valence-electron chi connectivity index (χ1n) is 6.75. The fourth-order valence-electron chi connectivity index (χ4n) is 2.61. The lowest BCUT2D eigenvalue weighted by atomic mass is 10.1. The number of imidazole rings is 1. The van der Waals surface area contributed by atoms with Gasteiger partial charge in [-0.25, -0.2) is 4.98 Å². The highest BCUT2D eigenvalue weighted by molar-refractivity contribution is 5.90. The summed E-state index contributed by atoms with van der Waals surface area (Å²) < 4.78 is 7.23. The Morgan fingerprint density at radius 2 is 2.00 bits per heavy atom. The third-order valence-corrected chi connectivity index (χ3v) is 3.63. The number of furan rings is 1. The summed E-state index contributed by atoms with van der Waals surface area (Å²) >= 11 is 0. The molecule has 0 saturated heterocycles. The number of aromatic nitrogens is 3. The first-order chi connectivity index (χ1) is 10.3. The Morgan fingerprint density at radius 1 is 1.05 bits per heavy atom. The molecule has 3 aromatic heterocycles. The summed E-state index contributed by atoms with van der Waals surface area (Å²) in [5.74, 6) is 0.859. The second-order valence-corrected chi connectivity index (χ2v) is 4.93. The fraction of sp³-hybridized carbons (Fsp3) is 0.0588. The van der Waals surface area contributed by atoms with Crippen molar-refractivity contribution in [1.82, 2.24) is 14.5 Å². The Bertz CT molecular complexity index is 907. The van der Waals surface area contributed by atoms with Crippen molar-refractivity contribution in [2.24, 2.45) is 0 Å². The van der Waals surface area contributed by atoms with Gasteiger partial charge in [-0.1, -0.05) is 6.07 Å². The van der Waals surface area contributed by atoms with Crippen molar-refractivity contribution in [3.63, 3.8) is 0 Å². The maximum absolute atomic E-state index is 5.17. The number of fused-ring (bicyclic) bond motifs is 1. The molecule has 4 heteroatoms. The second-order valence-electron chi connectivity index (χ2n) is 4.93. The number of rotatable bonds is 2. The van der Waals surface area contributed by atoms with Crippen LogP contribution in [-0.4, -0.2) is 14.5 Å². The average molecular weight is 275 g/mol. The number of pyridine rings is 1. The molecular formula is C17H13N3O. The molecule has 0 unspecified atom stereocenters. The van der Waals surface area contributed by atoms with Crippen molar-refractivity contribution in [2.75, 3.05) is 0 Å². The molecule has 4 nitrogen and oxygen atoms in total. The van der Waals surface area contributed by atoms with Crippen LogP contribution in [0.2, 0.25) is 0 Å². The van der Waals surface area contributed by atoms with Crippen molar-refractivity contribution >= 4 is 10.9 Å². The monoisotopic (exact) mass is 275 g/mol. The average Bonchev–Trinajstić information content (AvgIpc) is 3.19. The minimum atomic E-state index is 0.859. The summed E-state index contributed by atoms with van der Waals surface area (Å²) in [5, 5.41) is 1.11. The summed E-state index contributed by atoms with van der Waals surface area (Å²) in [5.41, 5.74) is 4.20. The molecule has 4 aromatic rings. The van der Waals surface area contributed by atoms with Gasteiger partial charge in [0.05, 0.1) is 23.0 Å². The van der Waals surface area contributed by atoms with Gasteiger partial charge in [0.2, 0.25) is 0 Å². The third kappa shape index (κ3) is 1.84. The molecular weight excluding hydrogens is 262 g/mol. The molecule has 21 heavy (non-hydrogen) atoms. The van der Waals surface area contributed by atoms with E-state index in [4.69, 9.17) is 4.42 Å². The van der Waals surface area contributed by atoms with Gasteiger partial charge in [-0.2, -0.15) is 0 Å². The van der Waals surface area contributed by atoms with Crippen molar-refractivity contribution in [1.29, 1.82) is 0 Å². The minimum Gasteiger partial charge on any atom is -0.472 e. The highest BCUT2D eigenvalue weighted by atomic mass is 16.3. The maximum Gasteiger partial charge on any atom is 0.147 e. The molecule has 0 bridgehead atoms. The first kappa shape index (κ1) is 11.9. The van der Waals surface area contributed by atoms with E-state index < -0.39 is 0 Å². The number of hydrogen-bond acceptors (Lipinski definition) is 3. The van der Waals surface area contributed by atoms with Crippen molar-refractivity contribution in [3.8, 4) is 17.1 Å².